The van der Waals surface area contributed by atoms with Gasteiger partial charge >= 0.3 is 18.1 Å². The number of methoxy groups -OCH3 is 2. The second-order valence-electron chi connectivity index (χ2n) is 7.89. The van der Waals surface area contributed by atoms with Crippen LogP contribution >= 0.6 is 0 Å². The van der Waals surface area contributed by atoms with Crippen molar-refractivity contribution in [1.82, 2.24) is 19.7 Å². The van der Waals surface area contributed by atoms with Crippen molar-refractivity contribution in [1.29, 1.82) is 0 Å². The first-order valence-electron chi connectivity index (χ1n) is 11.2. The fourth-order valence-corrected chi connectivity index (χ4v) is 3.41. The van der Waals surface area contributed by atoms with Crippen LogP contribution in [-0.2, 0) is 9.53 Å². The molecule has 4 rings (SSSR count). The number of nitrogens with one attached hydrogen (secondary N) is 2. The Morgan fingerprint density at radius 3 is 2.44 bits per heavy atom. The van der Waals surface area contributed by atoms with Crippen molar-refractivity contribution in [2.24, 2.45) is 0 Å². The van der Waals surface area contributed by atoms with Crippen LogP contribution in [0.2, 0.25) is 0 Å². The van der Waals surface area contributed by atoms with E-state index in [-0.39, 0.29) is 11.5 Å². The lowest BCUT2D eigenvalue weighted by atomic mass is 10.2. The average molecular weight is 542 g/mol. The van der Waals surface area contributed by atoms with Crippen molar-refractivity contribution in [2.75, 3.05) is 24.9 Å². The smallest absolute Gasteiger partial charge is 0.491 e. The van der Waals surface area contributed by atoms with Gasteiger partial charge in [-0.15, -0.1) is 0 Å². The summed E-state index contributed by atoms with van der Waals surface area (Å²) in [5, 5.41) is 10.6. The van der Waals surface area contributed by atoms with Gasteiger partial charge in [0.1, 0.15) is 11.6 Å². The van der Waals surface area contributed by atoms with E-state index in [0.29, 0.717) is 40.2 Å². The van der Waals surface area contributed by atoms with Crippen LogP contribution in [0.3, 0.4) is 0 Å². The number of anilines is 4. The Bertz CT molecular complexity index is 1520. The van der Waals surface area contributed by atoms with E-state index >= 15 is 0 Å². The van der Waals surface area contributed by atoms with Crippen LogP contribution in [-0.4, -0.2) is 52.1 Å². The van der Waals surface area contributed by atoms with Gasteiger partial charge < -0.3 is 24.8 Å². The zero-order valence-electron chi connectivity index (χ0n) is 20.7. The van der Waals surface area contributed by atoms with Gasteiger partial charge in [-0.25, -0.2) is 19.3 Å². The van der Waals surface area contributed by atoms with Gasteiger partial charge in [0.05, 0.1) is 31.2 Å². The summed E-state index contributed by atoms with van der Waals surface area (Å²) in [7, 11) is 3.06. The minimum Gasteiger partial charge on any atom is -0.493 e. The Labute approximate surface area is 219 Å². The summed E-state index contributed by atoms with van der Waals surface area (Å²) < 4.78 is 53.3. The maximum atomic E-state index is 12.5. The van der Waals surface area contributed by atoms with E-state index in [4.69, 9.17) is 9.47 Å². The summed E-state index contributed by atoms with van der Waals surface area (Å²) in [5.74, 6) is -1.87. The monoisotopic (exact) mass is 542 g/mol. The van der Waals surface area contributed by atoms with Gasteiger partial charge in [-0.2, -0.15) is 23.3 Å². The normalized spacial score (nSPS) is 11.0. The first kappa shape index (κ1) is 26.9. The average Bonchev–Trinajstić information content (AvgIpc) is 3.28. The number of esters is 2. The number of hydrogen-bond acceptors (Lipinski definition) is 10. The third kappa shape index (κ3) is 6.41. The topological polar surface area (TPSA) is 129 Å². The van der Waals surface area contributed by atoms with Crippen LogP contribution in [0.4, 0.5) is 36.4 Å². The molecule has 39 heavy (non-hydrogen) atoms. The molecule has 0 aliphatic rings. The summed E-state index contributed by atoms with van der Waals surface area (Å²) in [5.41, 5.74) is 1.29. The van der Waals surface area contributed by atoms with Crippen molar-refractivity contribution in [3.8, 4) is 17.2 Å². The quantitative estimate of drug-likeness (QED) is 0.238. The lowest BCUT2D eigenvalue weighted by Crippen LogP contribution is -2.28. The number of ether oxygens (including phenoxy) is 3. The van der Waals surface area contributed by atoms with Crippen LogP contribution in [0.1, 0.15) is 16.1 Å². The molecule has 14 heteroatoms. The highest BCUT2D eigenvalue weighted by molar-refractivity contribution is 5.98. The number of aromatic nitrogens is 4. The molecule has 202 valence electrons. The molecule has 2 aromatic carbocycles. The Morgan fingerprint density at radius 1 is 0.949 bits per heavy atom. The molecule has 0 spiro atoms. The van der Waals surface area contributed by atoms with Gasteiger partial charge in [0.25, 0.3) is 0 Å². The number of nitrogens with zero attached hydrogens (tertiary/aromatic N) is 4. The minimum atomic E-state index is -5.30. The van der Waals surface area contributed by atoms with Crippen LogP contribution in [0.5, 0.6) is 11.5 Å². The van der Waals surface area contributed by atoms with Gasteiger partial charge in [-0.3, -0.25) is 0 Å². The third-order valence-electron chi connectivity index (χ3n) is 5.13. The maximum absolute atomic E-state index is 12.5. The van der Waals surface area contributed by atoms with Crippen LogP contribution in [0, 0.1) is 6.92 Å². The molecule has 0 radical (unpaired) electrons. The first-order valence-corrected chi connectivity index (χ1v) is 11.2. The zero-order chi connectivity index (χ0) is 28.2. The largest absolute Gasteiger partial charge is 0.493 e. The maximum Gasteiger partial charge on any atom is 0.491 e. The fraction of sp³-hybridized carbons (Fsp3) is 0.160. The Morgan fingerprint density at radius 2 is 1.72 bits per heavy atom. The predicted molar refractivity (Wildman–Crippen MR) is 133 cm³/mol. The highest BCUT2D eigenvalue weighted by Gasteiger charge is 2.42. The number of aryl methyl sites for hydroxylation is 1. The molecular weight excluding hydrogens is 521 g/mol. The van der Waals surface area contributed by atoms with E-state index in [2.05, 4.69) is 30.4 Å². The number of halogens is 3. The number of benzene rings is 2. The number of carbonyl (C=O) groups is 2. The number of carbonyl (C=O) groups excluding carboxylic acids is 2. The molecule has 0 saturated heterocycles. The zero-order valence-corrected chi connectivity index (χ0v) is 20.7. The van der Waals surface area contributed by atoms with Gasteiger partial charge in [0.15, 0.2) is 11.5 Å². The molecule has 0 atom stereocenters. The molecule has 2 aromatic heterocycles. The lowest BCUT2D eigenvalue weighted by molar-refractivity contribution is -0.193. The second-order valence-corrected chi connectivity index (χ2v) is 7.89. The SMILES string of the molecule is COc1ccc(Nc2nccc(Nc3cc(C)nn3-c3cccc(C(=O)OC(=O)C(F)(F)F)c3)n2)cc1OC. The van der Waals surface area contributed by atoms with E-state index in [1.807, 2.05) is 0 Å². The van der Waals surface area contributed by atoms with Crippen molar-refractivity contribution in [2.45, 2.75) is 13.1 Å². The van der Waals surface area contributed by atoms with Crippen molar-refractivity contribution < 1.29 is 37.0 Å². The van der Waals surface area contributed by atoms with Gasteiger partial charge in [-0.05, 0) is 43.3 Å². The summed E-state index contributed by atoms with van der Waals surface area (Å²) in [6.07, 6.45) is -3.77. The molecule has 0 amide bonds. The molecular formula is C25H21F3N6O5. The minimum absolute atomic E-state index is 0.271. The molecule has 0 bridgehead atoms. The highest BCUT2D eigenvalue weighted by atomic mass is 19.4. The molecule has 2 N–H and O–H groups in total. The number of hydrogen-bond donors (Lipinski definition) is 2. The molecule has 0 saturated carbocycles. The molecule has 0 fully saturated rings. The van der Waals surface area contributed by atoms with E-state index in [1.54, 1.807) is 43.3 Å². The molecule has 11 nitrogen and oxygen atoms in total. The van der Waals surface area contributed by atoms with Crippen LogP contribution in [0.15, 0.2) is 60.8 Å². The van der Waals surface area contributed by atoms with Gasteiger partial charge in [0.2, 0.25) is 5.95 Å². The van der Waals surface area contributed by atoms with E-state index in [0.717, 1.165) is 0 Å². The molecule has 0 aliphatic heterocycles. The van der Waals surface area contributed by atoms with E-state index in [9.17, 15) is 22.8 Å². The highest BCUT2D eigenvalue weighted by Crippen LogP contribution is 2.31. The molecule has 0 unspecified atom stereocenters. The Kier molecular flexibility index (Phi) is 7.65. The predicted octanol–water partition coefficient (Wildman–Crippen LogP) is 4.72. The summed E-state index contributed by atoms with van der Waals surface area (Å²) >= 11 is 0. The Hall–Kier alpha value is -5.14. The lowest BCUT2D eigenvalue weighted by Gasteiger charge is -2.12. The Balaban J connectivity index is 1.55. The van der Waals surface area contributed by atoms with E-state index in [1.165, 1.54) is 43.3 Å². The number of rotatable bonds is 8. The summed E-state index contributed by atoms with van der Waals surface area (Å²) in [6.45, 7) is 1.73. The standard InChI is InChI=1S/C25H21F3N6O5/c1-14-11-21(34(33-14)17-6-4-5-15(12-17)22(35)39-23(36)25(26,27)28)31-20-9-10-29-24(32-20)30-16-7-8-18(37-2)19(13-16)38-3/h4-13H,1-3H3,(H2,29,30,31,32). The van der Waals surface area contributed by atoms with Crippen molar-refractivity contribution in [3.05, 3.63) is 72.1 Å². The number of alkyl halides is 3. The van der Waals surface area contributed by atoms with Crippen molar-refractivity contribution in [3.63, 3.8) is 0 Å². The van der Waals surface area contributed by atoms with Gasteiger partial charge in [0, 0.05) is 24.0 Å². The van der Waals surface area contributed by atoms with Crippen molar-refractivity contribution >= 4 is 35.2 Å². The van der Waals surface area contributed by atoms with Gasteiger partial charge in [-0.1, -0.05) is 6.07 Å². The molecule has 4 aromatic rings. The van der Waals surface area contributed by atoms with Crippen LogP contribution < -0.4 is 20.1 Å². The fourth-order valence-electron chi connectivity index (χ4n) is 3.41. The summed E-state index contributed by atoms with van der Waals surface area (Å²) in [6, 6.07) is 14.0. The molecule has 0 aliphatic carbocycles. The van der Waals surface area contributed by atoms with Crippen LogP contribution in [0.25, 0.3) is 5.69 Å². The summed E-state index contributed by atoms with van der Waals surface area (Å²) in [4.78, 5) is 31.8. The third-order valence-corrected chi connectivity index (χ3v) is 5.13. The first-order chi connectivity index (χ1) is 18.6. The van der Waals surface area contributed by atoms with E-state index < -0.39 is 18.1 Å². The second kappa shape index (κ2) is 11.1. The molecule has 2 heterocycles.